The SMILES string of the molecule is CC(NS(=O)(=O)c1cnn(CCN)c1)c1ccccn1. The van der Waals surface area contributed by atoms with Gasteiger partial charge in [0.05, 0.1) is 24.5 Å². The molecule has 0 spiro atoms. The fourth-order valence-corrected chi connectivity index (χ4v) is 2.90. The van der Waals surface area contributed by atoms with Crippen LogP contribution in [0.5, 0.6) is 0 Å². The molecule has 0 fully saturated rings. The molecule has 1 unspecified atom stereocenters. The van der Waals surface area contributed by atoms with Crippen molar-refractivity contribution >= 4 is 10.0 Å². The summed E-state index contributed by atoms with van der Waals surface area (Å²) < 4.78 is 28.5. The van der Waals surface area contributed by atoms with Gasteiger partial charge < -0.3 is 5.73 Å². The lowest BCUT2D eigenvalue weighted by molar-refractivity contribution is 0.563. The van der Waals surface area contributed by atoms with E-state index in [1.54, 1.807) is 25.3 Å². The minimum Gasteiger partial charge on any atom is -0.329 e. The van der Waals surface area contributed by atoms with Crippen LogP contribution in [0.4, 0.5) is 0 Å². The first-order chi connectivity index (χ1) is 9.53. The first kappa shape index (κ1) is 14.6. The van der Waals surface area contributed by atoms with Crippen LogP contribution in [-0.2, 0) is 16.6 Å². The zero-order valence-corrected chi connectivity index (χ0v) is 11.9. The van der Waals surface area contributed by atoms with Gasteiger partial charge in [0.1, 0.15) is 4.90 Å². The molecule has 1 atom stereocenters. The molecular weight excluding hydrogens is 278 g/mol. The Hall–Kier alpha value is -1.77. The van der Waals surface area contributed by atoms with Gasteiger partial charge in [-0.25, -0.2) is 13.1 Å². The van der Waals surface area contributed by atoms with E-state index in [1.807, 2.05) is 6.07 Å². The first-order valence-electron chi connectivity index (χ1n) is 6.18. The summed E-state index contributed by atoms with van der Waals surface area (Å²) in [4.78, 5) is 4.25. The molecule has 2 aromatic heterocycles. The molecule has 8 heteroatoms. The van der Waals surface area contributed by atoms with Crippen molar-refractivity contribution in [2.75, 3.05) is 6.54 Å². The predicted molar refractivity (Wildman–Crippen MR) is 74.3 cm³/mol. The Morgan fingerprint density at radius 3 is 2.90 bits per heavy atom. The van der Waals surface area contributed by atoms with Gasteiger partial charge in [-0.1, -0.05) is 6.07 Å². The molecular formula is C12H17N5O2S. The summed E-state index contributed by atoms with van der Waals surface area (Å²) in [6.45, 7) is 2.62. The third kappa shape index (κ3) is 3.41. The van der Waals surface area contributed by atoms with E-state index in [9.17, 15) is 8.42 Å². The molecule has 0 aliphatic carbocycles. The molecule has 0 saturated carbocycles. The highest BCUT2D eigenvalue weighted by Crippen LogP contribution is 2.14. The zero-order chi connectivity index (χ0) is 14.6. The van der Waals surface area contributed by atoms with E-state index in [2.05, 4.69) is 14.8 Å². The fraction of sp³-hybridized carbons (Fsp3) is 0.333. The molecule has 2 rings (SSSR count). The maximum atomic E-state index is 12.2. The smallest absolute Gasteiger partial charge is 0.244 e. The second-order valence-corrected chi connectivity index (χ2v) is 6.04. The molecule has 108 valence electrons. The Morgan fingerprint density at radius 2 is 2.25 bits per heavy atom. The van der Waals surface area contributed by atoms with Crippen molar-refractivity contribution in [1.82, 2.24) is 19.5 Å². The van der Waals surface area contributed by atoms with Gasteiger partial charge in [-0.15, -0.1) is 0 Å². The van der Waals surface area contributed by atoms with Crippen molar-refractivity contribution in [2.45, 2.75) is 24.4 Å². The van der Waals surface area contributed by atoms with E-state index >= 15 is 0 Å². The van der Waals surface area contributed by atoms with Crippen molar-refractivity contribution in [3.63, 3.8) is 0 Å². The summed E-state index contributed by atoms with van der Waals surface area (Å²) in [6.07, 6.45) is 4.39. The number of hydrogen-bond donors (Lipinski definition) is 2. The minimum absolute atomic E-state index is 0.119. The average molecular weight is 295 g/mol. The van der Waals surface area contributed by atoms with E-state index in [0.717, 1.165) is 0 Å². The van der Waals surface area contributed by atoms with Gasteiger partial charge in [0.25, 0.3) is 0 Å². The number of aromatic nitrogens is 3. The van der Waals surface area contributed by atoms with Crippen LogP contribution in [0, 0.1) is 0 Å². The van der Waals surface area contributed by atoms with Gasteiger partial charge >= 0.3 is 0 Å². The standard InChI is InChI=1S/C12H17N5O2S/c1-10(12-4-2-3-6-14-12)16-20(18,19)11-8-15-17(9-11)7-5-13/h2-4,6,8-10,16H,5,7,13H2,1H3. The van der Waals surface area contributed by atoms with E-state index in [-0.39, 0.29) is 4.90 Å². The zero-order valence-electron chi connectivity index (χ0n) is 11.1. The van der Waals surface area contributed by atoms with Crippen molar-refractivity contribution in [3.05, 3.63) is 42.5 Å². The summed E-state index contributed by atoms with van der Waals surface area (Å²) in [5, 5.41) is 3.95. The number of pyridine rings is 1. The number of rotatable bonds is 6. The van der Waals surface area contributed by atoms with Crippen LogP contribution in [0.25, 0.3) is 0 Å². The van der Waals surface area contributed by atoms with Crippen molar-refractivity contribution in [3.8, 4) is 0 Å². The van der Waals surface area contributed by atoms with Crippen LogP contribution in [-0.4, -0.2) is 29.7 Å². The highest BCUT2D eigenvalue weighted by atomic mass is 32.2. The largest absolute Gasteiger partial charge is 0.329 e. The predicted octanol–water partition coefficient (Wildman–Crippen LogP) is 0.276. The second-order valence-electron chi connectivity index (χ2n) is 4.33. The van der Waals surface area contributed by atoms with E-state index in [4.69, 9.17) is 5.73 Å². The van der Waals surface area contributed by atoms with Crippen LogP contribution in [0.1, 0.15) is 18.7 Å². The third-order valence-electron chi connectivity index (χ3n) is 2.74. The lowest BCUT2D eigenvalue weighted by Crippen LogP contribution is -2.27. The summed E-state index contributed by atoms with van der Waals surface area (Å²) in [7, 11) is -3.62. The Morgan fingerprint density at radius 1 is 1.45 bits per heavy atom. The van der Waals surface area contributed by atoms with Gasteiger partial charge in [-0.2, -0.15) is 5.10 Å². The Balaban J connectivity index is 2.14. The maximum absolute atomic E-state index is 12.2. The van der Waals surface area contributed by atoms with Crippen molar-refractivity contribution in [1.29, 1.82) is 0 Å². The maximum Gasteiger partial charge on any atom is 0.244 e. The van der Waals surface area contributed by atoms with Gasteiger partial charge in [0.15, 0.2) is 0 Å². The molecule has 7 nitrogen and oxygen atoms in total. The third-order valence-corrected chi connectivity index (χ3v) is 4.24. The van der Waals surface area contributed by atoms with E-state index < -0.39 is 16.1 Å². The van der Waals surface area contributed by atoms with Crippen LogP contribution in [0.3, 0.4) is 0 Å². The molecule has 0 aromatic carbocycles. The Bertz CT molecular complexity index is 653. The number of nitrogens with zero attached hydrogens (tertiary/aromatic N) is 3. The monoisotopic (exact) mass is 295 g/mol. The summed E-state index contributed by atoms with van der Waals surface area (Å²) in [6, 6.07) is 4.94. The van der Waals surface area contributed by atoms with E-state index in [0.29, 0.717) is 18.8 Å². The lowest BCUT2D eigenvalue weighted by atomic mass is 10.2. The Labute approximate surface area is 117 Å². The highest BCUT2D eigenvalue weighted by molar-refractivity contribution is 7.89. The summed E-state index contributed by atoms with van der Waals surface area (Å²) in [5.74, 6) is 0. The number of nitrogens with two attached hydrogens (primary N) is 1. The topological polar surface area (TPSA) is 103 Å². The van der Waals surface area contributed by atoms with Gasteiger partial charge in [-0.3, -0.25) is 9.67 Å². The minimum atomic E-state index is -3.62. The molecule has 3 N–H and O–H groups in total. The first-order valence-corrected chi connectivity index (χ1v) is 7.67. The number of sulfonamides is 1. The molecule has 0 bridgehead atoms. The molecule has 20 heavy (non-hydrogen) atoms. The molecule has 2 aromatic rings. The van der Waals surface area contributed by atoms with Crippen LogP contribution in [0.15, 0.2) is 41.7 Å². The average Bonchev–Trinajstić information content (AvgIpc) is 2.89. The van der Waals surface area contributed by atoms with Gasteiger partial charge in [0.2, 0.25) is 10.0 Å². The summed E-state index contributed by atoms with van der Waals surface area (Å²) >= 11 is 0. The van der Waals surface area contributed by atoms with E-state index in [1.165, 1.54) is 17.1 Å². The molecule has 0 radical (unpaired) electrons. The normalized spacial score (nSPS) is 13.3. The quantitative estimate of drug-likeness (QED) is 0.796. The molecule has 0 saturated heterocycles. The van der Waals surface area contributed by atoms with Crippen LogP contribution >= 0.6 is 0 Å². The summed E-state index contributed by atoms with van der Waals surface area (Å²) in [5.41, 5.74) is 6.06. The number of nitrogens with one attached hydrogen (secondary N) is 1. The Kier molecular flexibility index (Phi) is 4.48. The van der Waals surface area contributed by atoms with Crippen molar-refractivity contribution < 1.29 is 8.42 Å². The van der Waals surface area contributed by atoms with Crippen LogP contribution < -0.4 is 10.5 Å². The van der Waals surface area contributed by atoms with Gasteiger partial charge in [0, 0.05) is 18.9 Å². The lowest BCUT2D eigenvalue weighted by Gasteiger charge is -2.12. The molecule has 2 heterocycles. The fourth-order valence-electron chi connectivity index (χ4n) is 1.73. The van der Waals surface area contributed by atoms with Crippen LogP contribution in [0.2, 0.25) is 0 Å². The molecule has 0 aliphatic heterocycles. The second kappa shape index (κ2) is 6.12. The van der Waals surface area contributed by atoms with Gasteiger partial charge in [-0.05, 0) is 19.1 Å². The molecule has 0 aliphatic rings. The number of hydrogen-bond acceptors (Lipinski definition) is 5. The highest BCUT2D eigenvalue weighted by Gasteiger charge is 2.20. The van der Waals surface area contributed by atoms with Crippen molar-refractivity contribution in [2.24, 2.45) is 5.73 Å². The molecule has 0 amide bonds.